The first kappa shape index (κ1) is 20.4. The van der Waals surface area contributed by atoms with Crippen molar-refractivity contribution in [2.45, 2.75) is 26.9 Å². The maximum Gasteiger partial charge on any atom is 0.252 e. The summed E-state index contributed by atoms with van der Waals surface area (Å²) in [5.41, 5.74) is 1.32. The fourth-order valence-corrected chi connectivity index (χ4v) is 2.93. The van der Waals surface area contributed by atoms with Crippen LogP contribution in [0.4, 0.5) is 0 Å². The molecule has 3 N–H and O–H groups in total. The average molecular weight is 388 g/mol. The van der Waals surface area contributed by atoms with Crippen LogP contribution < -0.4 is 10.9 Å². The van der Waals surface area contributed by atoms with Crippen LogP contribution in [0.5, 0.6) is 0 Å². The van der Waals surface area contributed by atoms with Gasteiger partial charge in [0.1, 0.15) is 6.10 Å². The lowest BCUT2D eigenvalue weighted by molar-refractivity contribution is 0.0915. The molecular formula is C24H24N2O3. The van der Waals surface area contributed by atoms with Crippen LogP contribution in [0.2, 0.25) is 0 Å². The smallest absolute Gasteiger partial charge is 0.252 e. The molecule has 1 amide bonds. The van der Waals surface area contributed by atoms with Crippen molar-refractivity contribution in [3.05, 3.63) is 81.8 Å². The topological polar surface area (TPSA) is 82.2 Å². The number of aliphatic hydroxyl groups excluding tert-OH is 1. The summed E-state index contributed by atoms with van der Waals surface area (Å²) in [5.74, 6) is 6.15. The van der Waals surface area contributed by atoms with Crippen molar-refractivity contribution in [2.24, 2.45) is 5.41 Å². The number of nitrogens with one attached hydrogen (secondary N) is 2. The Hall–Kier alpha value is -3.36. The maximum atomic E-state index is 12.8. The van der Waals surface area contributed by atoms with Crippen molar-refractivity contribution < 1.29 is 9.90 Å². The van der Waals surface area contributed by atoms with E-state index in [0.717, 1.165) is 16.3 Å². The molecule has 1 unspecified atom stereocenters. The van der Waals surface area contributed by atoms with E-state index in [-0.39, 0.29) is 23.4 Å². The number of hydrogen-bond acceptors (Lipinski definition) is 3. The van der Waals surface area contributed by atoms with Crippen LogP contribution in [0.3, 0.4) is 0 Å². The second-order valence-electron chi connectivity index (χ2n) is 7.90. The molecule has 0 aliphatic rings. The van der Waals surface area contributed by atoms with Gasteiger partial charge in [0, 0.05) is 34.8 Å². The number of H-pyrrole nitrogens is 1. The van der Waals surface area contributed by atoms with Crippen molar-refractivity contribution in [3.63, 3.8) is 0 Å². The van der Waals surface area contributed by atoms with Gasteiger partial charge in [0.05, 0.1) is 0 Å². The standard InChI is InChI=1S/C24H24N2O3/c1-24(2,3)14-13-16-7-4-9-18-17(16)8-5-10-19(18)23(29)25-15-21(27)20-11-6-12-22(28)26-20/h4-12,21,27H,15H2,1-3H3,(H,25,29)(H,26,28). The highest BCUT2D eigenvalue weighted by molar-refractivity contribution is 6.08. The normalized spacial score (nSPS) is 12.1. The molecule has 0 bridgehead atoms. The molecule has 0 aliphatic heterocycles. The molecule has 0 fully saturated rings. The Morgan fingerprint density at radius 1 is 1.07 bits per heavy atom. The average Bonchev–Trinajstić information content (AvgIpc) is 2.69. The SMILES string of the molecule is CC(C)(C)C#Cc1cccc2c(C(=O)NCC(O)c3cccc(=O)[nH]3)cccc12. The predicted octanol–water partition coefficient (Wildman–Crippen LogP) is 3.39. The van der Waals surface area contributed by atoms with Crippen LogP contribution in [0, 0.1) is 17.3 Å². The van der Waals surface area contributed by atoms with Gasteiger partial charge in [-0.2, -0.15) is 0 Å². The third kappa shape index (κ3) is 5.13. The third-order valence-corrected chi connectivity index (χ3v) is 4.34. The Kier molecular flexibility index (Phi) is 5.86. The minimum Gasteiger partial charge on any atom is -0.385 e. The summed E-state index contributed by atoms with van der Waals surface area (Å²) in [6.07, 6.45) is -1.00. The Morgan fingerprint density at radius 2 is 1.76 bits per heavy atom. The Bertz CT molecular complexity index is 1160. The quantitative estimate of drug-likeness (QED) is 0.599. The van der Waals surface area contributed by atoms with Gasteiger partial charge in [-0.05, 0) is 49.7 Å². The second kappa shape index (κ2) is 8.34. The van der Waals surface area contributed by atoms with Crippen molar-refractivity contribution in [1.29, 1.82) is 0 Å². The number of fused-ring (bicyclic) bond motifs is 1. The monoisotopic (exact) mass is 388 g/mol. The number of rotatable bonds is 4. The molecule has 3 rings (SSSR count). The first-order valence-electron chi connectivity index (χ1n) is 9.45. The molecule has 5 nitrogen and oxygen atoms in total. The Morgan fingerprint density at radius 3 is 2.48 bits per heavy atom. The molecule has 0 saturated carbocycles. The number of amides is 1. The van der Waals surface area contributed by atoms with Gasteiger partial charge in [-0.15, -0.1) is 0 Å². The van der Waals surface area contributed by atoms with E-state index in [1.54, 1.807) is 18.2 Å². The summed E-state index contributed by atoms with van der Waals surface area (Å²) in [5, 5.41) is 14.7. The summed E-state index contributed by atoms with van der Waals surface area (Å²) in [6, 6.07) is 15.8. The summed E-state index contributed by atoms with van der Waals surface area (Å²) in [4.78, 5) is 26.7. The van der Waals surface area contributed by atoms with E-state index in [4.69, 9.17) is 0 Å². The van der Waals surface area contributed by atoms with Crippen LogP contribution in [0.15, 0.2) is 59.4 Å². The summed E-state index contributed by atoms with van der Waals surface area (Å²) >= 11 is 0. The highest BCUT2D eigenvalue weighted by Crippen LogP contribution is 2.23. The zero-order valence-corrected chi connectivity index (χ0v) is 16.7. The van der Waals surface area contributed by atoms with Crippen LogP contribution in [-0.4, -0.2) is 22.5 Å². The highest BCUT2D eigenvalue weighted by Gasteiger charge is 2.14. The van der Waals surface area contributed by atoms with Gasteiger partial charge >= 0.3 is 0 Å². The third-order valence-electron chi connectivity index (χ3n) is 4.34. The highest BCUT2D eigenvalue weighted by atomic mass is 16.3. The van der Waals surface area contributed by atoms with Crippen molar-refractivity contribution in [1.82, 2.24) is 10.3 Å². The number of pyridine rings is 1. The van der Waals surface area contributed by atoms with Gasteiger partial charge in [-0.25, -0.2) is 0 Å². The van der Waals surface area contributed by atoms with Crippen molar-refractivity contribution in [3.8, 4) is 11.8 Å². The van der Waals surface area contributed by atoms with Gasteiger partial charge in [0.25, 0.3) is 5.91 Å². The number of carbonyl (C=O) groups excluding carboxylic acids is 1. The molecule has 29 heavy (non-hydrogen) atoms. The minimum atomic E-state index is -1.00. The number of aliphatic hydroxyl groups is 1. The van der Waals surface area contributed by atoms with Gasteiger partial charge in [-0.3, -0.25) is 9.59 Å². The summed E-state index contributed by atoms with van der Waals surface area (Å²) in [6.45, 7) is 6.14. The predicted molar refractivity (Wildman–Crippen MR) is 115 cm³/mol. The number of benzene rings is 2. The van der Waals surface area contributed by atoms with E-state index in [1.165, 1.54) is 6.07 Å². The molecule has 148 valence electrons. The van der Waals surface area contributed by atoms with Gasteiger partial charge in [0.15, 0.2) is 0 Å². The lowest BCUT2D eigenvalue weighted by Gasteiger charge is -2.13. The molecule has 1 aromatic heterocycles. The largest absolute Gasteiger partial charge is 0.385 e. The fraction of sp³-hybridized carbons (Fsp3) is 0.250. The number of hydrogen-bond donors (Lipinski definition) is 3. The number of carbonyl (C=O) groups is 1. The molecule has 3 aromatic rings. The van der Waals surface area contributed by atoms with Gasteiger partial charge in [0.2, 0.25) is 5.56 Å². The zero-order valence-electron chi connectivity index (χ0n) is 16.7. The number of aromatic nitrogens is 1. The number of aromatic amines is 1. The summed E-state index contributed by atoms with van der Waals surface area (Å²) in [7, 11) is 0. The minimum absolute atomic E-state index is 0.0152. The van der Waals surface area contributed by atoms with Crippen LogP contribution in [-0.2, 0) is 0 Å². The van der Waals surface area contributed by atoms with Crippen LogP contribution in [0.1, 0.15) is 48.5 Å². The molecule has 0 radical (unpaired) electrons. The first-order chi connectivity index (χ1) is 13.7. The van der Waals surface area contributed by atoms with E-state index in [9.17, 15) is 14.7 Å². The van der Waals surface area contributed by atoms with Crippen LogP contribution in [0.25, 0.3) is 10.8 Å². The van der Waals surface area contributed by atoms with Crippen molar-refractivity contribution >= 4 is 16.7 Å². The molecular weight excluding hydrogens is 364 g/mol. The van der Waals surface area contributed by atoms with E-state index in [0.29, 0.717) is 11.3 Å². The van der Waals surface area contributed by atoms with Crippen LogP contribution >= 0.6 is 0 Å². The molecule has 0 saturated heterocycles. The molecule has 1 atom stereocenters. The van der Waals surface area contributed by atoms with Gasteiger partial charge < -0.3 is 15.4 Å². The molecule has 2 aromatic carbocycles. The van der Waals surface area contributed by atoms with E-state index < -0.39 is 6.10 Å². The first-order valence-corrected chi connectivity index (χ1v) is 9.45. The molecule has 0 aliphatic carbocycles. The zero-order chi connectivity index (χ0) is 21.0. The molecule has 0 spiro atoms. The lowest BCUT2D eigenvalue weighted by Crippen LogP contribution is -2.29. The van der Waals surface area contributed by atoms with E-state index >= 15 is 0 Å². The Balaban J connectivity index is 1.85. The maximum absolute atomic E-state index is 12.8. The second-order valence-corrected chi connectivity index (χ2v) is 7.90. The summed E-state index contributed by atoms with van der Waals surface area (Å²) < 4.78 is 0. The van der Waals surface area contributed by atoms with Gasteiger partial charge in [-0.1, -0.05) is 42.2 Å². The lowest BCUT2D eigenvalue weighted by atomic mass is 9.95. The molecule has 5 heteroatoms. The van der Waals surface area contributed by atoms with E-state index in [1.807, 2.05) is 30.3 Å². The van der Waals surface area contributed by atoms with E-state index in [2.05, 4.69) is 42.9 Å². The fourth-order valence-electron chi connectivity index (χ4n) is 2.93. The Labute approximate surface area is 169 Å². The molecule has 1 heterocycles. The van der Waals surface area contributed by atoms with Crippen molar-refractivity contribution in [2.75, 3.05) is 6.54 Å².